The number of halogens is 2. The molecular formula is C21H19ClFN5O3S. The van der Waals surface area contributed by atoms with Crippen LogP contribution in [0, 0.1) is 15.9 Å². The average Bonchev–Trinajstić information content (AvgIpc) is 3.09. The monoisotopic (exact) mass is 475 g/mol. The molecule has 166 valence electrons. The van der Waals surface area contributed by atoms with Gasteiger partial charge in [-0.3, -0.25) is 14.9 Å². The second kappa shape index (κ2) is 9.58. The van der Waals surface area contributed by atoms with Crippen LogP contribution >= 0.6 is 23.1 Å². The van der Waals surface area contributed by atoms with Crippen molar-refractivity contribution in [3.05, 3.63) is 80.4 Å². The number of nitro groups is 1. The van der Waals surface area contributed by atoms with Crippen LogP contribution in [0.3, 0.4) is 0 Å². The van der Waals surface area contributed by atoms with Gasteiger partial charge in [0, 0.05) is 56.3 Å². The smallest absolute Gasteiger partial charge is 0.270 e. The van der Waals surface area contributed by atoms with Gasteiger partial charge in [-0.25, -0.2) is 9.37 Å². The lowest BCUT2D eigenvalue weighted by molar-refractivity contribution is -0.384. The molecule has 0 aliphatic carbocycles. The van der Waals surface area contributed by atoms with Gasteiger partial charge in [0.25, 0.3) is 11.6 Å². The highest BCUT2D eigenvalue weighted by Crippen LogP contribution is 2.25. The lowest BCUT2D eigenvalue weighted by Gasteiger charge is -2.22. The van der Waals surface area contributed by atoms with Crippen molar-refractivity contribution in [1.82, 2.24) is 14.3 Å². The van der Waals surface area contributed by atoms with E-state index in [0.29, 0.717) is 31.9 Å². The van der Waals surface area contributed by atoms with Crippen molar-refractivity contribution in [2.24, 2.45) is 0 Å². The molecule has 0 spiro atoms. The summed E-state index contributed by atoms with van der Waals surface area (Å²) in [4.78, 5) is 31.7. The quantitative estimate of drug-likeness (QED) is 0.406. The molecule has 4 rings (SSSR count). The Labute approximate surface area is 192 Å². The maximum atomic E-state index is 13.1. The van der Waals surface area contributed by atoms with Gasteiger partial charge >= 0.3 is 0 Å². The maximum Gasteiger partial charge on any atom is 0.270 e. The summed E-state index contributed by atoms with van der Waals surface area (Å²) >= 11 is 7.43. The fourth-order valence-corrected chi connectivity index (χ4v) is 4.50. The van der Waals surface area contributed by atoms with Gasteiger partial charge in [-0.15, -0.1) is 0 Å². The Balaban J connectivity index is 1.40. The van der Waals surface area contributed by atoms with Crippen LogP contribution < -0.4 is 4.90 Å². The number of non-ortho nitro benzene ring substituents is 1. The average molecular weight is 476 g/mol. The van der Waals surface area contributed by atoms with E-state index in [0.717, 1.165) is 23.7 Å². The second-order valence-electron chi connectivity index (χ2n) is 7.35. The highest BCUT2D eigenvalue weighted by Gasteiger charge is 2.24. The third-order valence-corrected chi connectivity index (χ3v) is 6.31. The number of anilines is 1. The molecule has 1 fully saturated rings. The zero-order chi connectivity index (χ0) is 22.7. The van der Waals surface area contributed by atoms with Crippen LogP contribution in [-0.4, -0.2) is 51.3 Å². The van der Waals surface area contributed by atoms with Gasteiger partial charge in [0.05, 0.1) is 15.5 Å². The topological polar surface area (TPSA) is 92.5 Å². The molecular weight excluding hydrogens is 457 g/mol. The fourth-order valence-electron chi connectivity index (χ4n) is 3.50. The Morgan fingerprint density at radius 2 is 1.94 bits per heavy atom. The van der Waals surface area contributed by atoms with Crippen LogP contribution in [0.2, 0.25) is 5.02 Å². The minimum absolute atomic E-state index is 0.0693. The second-order valence-corrected chi connectivity index (χ2v) is 8.49. The number of amides is 1. The number of hydrogen-bond acceptors (Lipinski definition) is 7. The first kappa shape index (κ1) is 22.1. The third kappa shape index (κ3) is 5.03. The molecule has 3 aromatic rings. The number of nitrogens with zero attached hydrogens (tertiary/aromatic N) is 5. The van der Waals surface area contributed by atoms with Crippen molar-refractivity contribution in [2.45, 2.75) is 12.8 Å². The van der Waals surface area contributed by atoms with Gasteiger partial charge < -0.3 is 9.80 Å². The van der Waals surface area contributed by atoms with E-state index in [2.05, 4.69) is 14.3 Å². The molecule has 1 aliphatic heterocycles. The molecule has 0 unspecified atom stereocenters. The first-order chi connectivity index (χ1) is 15.4. The van der Waals surface area contributed by atoms with Crippen LogP contribution in [-0.2, 0) is 6.42 Å². The van der Waals surface area contributed by atoms with E-state index in [9.17, 15) is 19.3 Å². The van der Waals surface area contributed by atoms with E-state index in [1.54, 1.807) is 17.0 Å². The molecule has 2 heterocycles. The van der Waals surface area contributed by atoms with Crippen molar-refractivity contribution < 1.29 is 14.1 Å². The maximum absolute atomic E-state index is 13.1. The molecule has 11 heteroatoms. The molecule has 1 aromatic heterocycles. The van der Waals surface area contributed by atoms with Crippen LogP contribution in [0.15, 0.2) is 42.5 Å². The minimum atomic E-state index is -0.545. The Morgan fingerprint density at radius 1 is 1.16 bits per heavy atom. The molecule has 0 bridgehead atoms. The molecule has 0 atom stereocenters. The number of nitro benzene ring substituents is 1. The van der Waals surface area contributed by atoms with Crippen molar-refractivity contribution in [2.75, 3.05) is 31.1 Å². The summed E-state index contributed by atoms with van der Waals surface area (Å²) in [7, 11) is 0. The van der Waals surface area contributed by atoms with Crippen LogP contribution in [0.25, 0.3) is 0 Å². The minimum Gasteiger partial charge on any atom is -0.345 e. The van der Waals surface area contributed by atoms with Crippen molar-refractivity contribution in [3.63, 3.8) is 0 Å². The summed E-state index contributed by atoms with van der Waals surface area (Å²) in [5.74, 6) is 0.145. The molecule has 0 N–H and O–H groups in total. The third-order valence-electron chi connectivity index (χ3n) is 5.18. The van der Waals surface area contributed by atoms with Gasteiger partial charge in [0.2, 0.25) is 5.13 Å². The Kier molecular flexibility index (Phi) is 6.61. The summed E-state index contributed by atoms with van der Waals surface area (Å²) in [5.41, 5.74) is 1.04. The zero-order valence-electron chi connectivity index (χ0n) is 16.9. The summed E-state index contributed by atoms with van der Waals surface area (Å²) in [6.45, 7) is 2.33. The molecule has 1 amide bonds. The Morgan fingerprint density at radius 3 is 2.66 bits per heavy atom. The fraction of sp³-hybridized carbons (Fsp3) is 0.286. The number of aromatic nitrogens is 2. The zero-order valence-corrected chi connectivity index (χ0v) is 18.5. The van der Waals surface area contributed by atoms with Crippen molar-refractivity contribution in [3.8, 4) is 0 Å². The van der Waals surface area contributed by atoms with Crippen LogP contribution in [0.1, 0.15) is 28.2 Å². The van der Waals surface area contributed by atoms with Crippen molar-refractivity contribution in [1.29, 1.82) is 0 Å². The molecule has 0 saturated carbocycles. The first-order valence-electron chi connectivity index (χ1n) is 9.96. The number of carbonyl (C=O) groups is 1. The SMILES string of the molecule is O=C(c1ccc([N+](=O)[O-])cc1Cl)N1CCCN(c2nc(Cc3ccc(F)cc3)ns2)CC1. The molecule has 2 aromatic carbocycles. The predicted molar refractivity (Wildman–Crippen MR) is 120 cm³/mol. The van der Waals surface area contributed by atoms with Gasteiger partial charge in [0.15, 0.2) is 0 Å². The predicted octanol–water partition coefficient (Wildman–Crippen LogP) is 4.18. The van der Waals surface area contributed by atoms with Gasteiger partial charge in [0.1, 0.15) is 11.6 Å². The van der Waals surface area contributed by atoms with Gasteiger partial charge in [-0.1, -0.05) is 23.7 Å². The normalized spacial score (nSPS) is 14.3. The Hall–Kier alpha value is -3.11. The van der Waals surface area contributed by atoms with Crippen molar-refractivity contribution >= 4 is 39.9 Å². The van der Waals surface area contributed by atoms with E-state index in [4.69, 9.17) is 11.6 Å². The number of benzene rings is 2. The lowest BCUT2D eigenvalue weighted by Crippen LogP contribution is -2.35. The van der Waals surface area contributed by atoms with E-state index in [1.165, 1.54) is 41.9 Å². The van der Waals surface area contributed by atoms with E-state index >= 15 is 0 Å². The first-order valence-corrected chi connectivity index (χ1v) is 11.1. The largest absolute Gasteiger partial charge is 0.345 e. The Bertz CT molecular complexity index is 1140. The number of rotatable bonds is 5. The van der Waals surface area contributed by atoms with Gasteiger partial charge in [-0.05, 0) is 30.2 Å². The summed E-state index contributed by atoms with van der Waals surface area (Å²) in [6, 6.07) is 10.2. The van der Waals surface area contributed by atoms with E-state index in [1.807, 2.05) is 0 Å². The molecule has 1 aliphatic rings. The summed E-state index contributed by atoms with van der Waals surface area (Å²) < 4.78 is 17.5. The molecule has 32 heavy (non-hydrogen) atoms. The summed E-state index contributed by atoms with van der Waals surface area (Å²) in [6.07, 6.45) is 1.26. The highest BCUT2D eigenvalue weighted by molar-refractivity contribution is 7.09. The molecule has 0 radical (unpaired) electrons. The van der Waals surface area contributed by atoms with E-state index < -0.39 is 4.92 Å². The van der Waals surface area contributed by atoms with Crippen LogP contribution in [0.5, 0.6) is 0 Å². The lowest BCUT2D eigenvalue weighted by atomic mass is 10.1. The molecule has 8 nitrogen and oxygen atoms in total. The number of carbonyl (C=O) groups excluding carboxylic acids is 1. The highest BCUT2D eigenvalue weighted by atomic mass is 35.5. The van der Waals surface area contributed by atoms with Gasteiger partial charge in [-0.2, -0.15) is 4.37 Å². The summed E-state index contributed by atoms with van der Waals surface area (Å²) in [5, 5.41) is 11.7. The molecule has 1 saturated heterocycles. The standard InChI is InChI=1S/C21H19ClFN5O3S/c22-18-13-16(28(30)31)6-7-17(18)20(29)26-8-1-9-27(11-10-26)21-24-19(25-32-21)12-14-2-4-15(23)5-3-14/h2-7,13H,1,8-12H2. The van der Waals surface area contributed by atoms with E-state index in [-0.39, 0.29) is 28.0 Å². The van der Waals surface area contributed by atoms with Crippen LogP contribution in [0.4, 0.5) is 15.2 Å². The number of hydrogen-bond donors (Lipinski definition) is 0.